The highest BCUT2D eigenvalue weighted by Gasteiger charge is 2.17. The summed E-state index contributed by atoms with van der Waals surface area (Å²) < 4.78 is 0. The van der Waals surface area contributed by atoms with Crippen molar-refractivity contribution in [3.8, 4) is 12.3 Å². The number of thioether (sulfide) groups is 1. The summed E-state index contributed by atoms with van der Waals surface area (Å²) in [6.07, 6.45) is 5.24. The Labute approximate surface area is 110 Å². The van der Waals surface area contributed by atoms with Crippen molar-refractivity contribution in [3.63, 3.8) is 0 Å². The first kappa shape index (κ1) is 16.3. The highest BCUT2D eigenvalue weighted by molar-refractivity contribution is 7.99. The van der Waals surface area contributed by atoms with Gasteiger partial charge in [0, 0.05) is 6.92 Å². The lowest BCUT2D eigenvalue weighted by molar-refractivity contribution is -0.141. The van der Waals surface area contributed by atoms with Crippen LogP contribution in [0.4, 0.5) is 0 Å². The van der Waals surface area contributed by atoms with Gasteiger partial charge in [0.25, 0.3) is 0 Å². The molecule has 1 atom stereocenters. The van der Waals surface area contributed by atoms with E-state index >= 15 is 0 Å². The number of aliphatic carboxylic acids is 1. The molecule has 0 radical (unpaired) electrons. The molecule has 0 saturated carbocycles. The van der Waals surface area contributed by atoms with Crippen LogP contribution in [0, 0.1) is 12.3 Å². The molecule has 0 aromatic carbocycles. The lowest BCUT2D eigenvalue weighted by Gasteiger charge is -2.12. The highest BCUT2D eigenvalue weighted by Crippen LogP contribution is 2.05. The molecule has 7 heteroatoms. The van der Waals surface area contributed by atoms with Crippen LogP contribution in [0.2, 0.25) is 0 Å². The number of carboxylic acids is 1. The summed E-state index contributed by atoms with van der Waals surface area (Å²) in [5.41, 5.74) is 0. The zero-order valence-electron chi connectivity index (χ0n) is 10.1. The molecule has 100 valence electrons. The molecule has 0 bridgehead atoms. The van der Waals surface area contributed by atoms with Crippen molar-refractivity contribution in [2.75, 3.05) is 18.1 Å². The van der Waals surface area contributed by atoms with E-state index in [0.29, 0.717) is 5.75 Å². The summed E-state index contributed by atoms with van der Waals surface area (Å²) in [7, 11) is 0. The quantitative estimate of drug-likeness (QED) is 0.407. The molecule has 0 saturated heterocycles. The maximum Gasteiger partial charge on any atom is 0.326 e. The second-order valence-electron chi connectivity index (χ2n) is 3.41. The third-order valence-electron chi connectivity index (χ3n) is 1.85. The topological polar surface area (TPSA) is 95.5 Å². The summed E-state index contributed by atoms with van der Waals surface area (Å²) in [4.78, 5) is 32.7. The first-order valence-electron chi connectivity index (χ1n) is 5.25. The van der Waals surface area contributed by atoms with E-state index in [2.05, 4.69) is 16.6 Å². The van der Waals surface area contributed by atoms with Gasteiger partial charge in [-0.15, -0.1) is 6.42 Å². The van der Waals surface area contributed by atoms with Gasteiger partial charge < -0.3 is 15.7 Å². The van der Waals surface area contributed by atoms with Crippen molar-refractivity contribution in [2.24, 2.45) is 0 Å². The van der Waals surface area contributed by atoms with Crippen LogP contribution < -0.4 is 10.6 Å². The van der Waals surface area contributed by atoms with Crippen LogP contribution >= 0.6 is 11.8 Å². The SMILES string of the molecule is C#CCNC(=O)CSCCC(NC(C)=O)C(=O)O. The molecule has 1 unspecified atom stereocenters. The number of carboxylic acid groups (broad SMARTS) is 1. The Morgan fingerprint density at radius 3 is 2.61 bits per heavy atom. The Morgan fingerprint density at radius 2 is 2.11 bits per heavy atom. The number of rotatable bonds is 8. The third kappa shape index (κ3) is 8.47. The van der Waals surface area contributed by atoms with E-state index in [1.54, 1.807) is 0 Å². The van der Waals surface area contributed by atoms with Crippen LogP contribution in [-0.4, -0.2) is 47.0 Å². The van der Waals surface area contributed by atoms with Crippen LogP contribution in [0.5, 0.6) is 0 Å². The maximum atomic E-state index is 11.1. The van der Waals surface area contributed by atoms with Gasteiger partial charge in [0.2, 0.25) is 11.8 Å². The number of hydrogen-bond donors (Lipinski definition) is 3. The van der Waals surface area contributed by atoms with Crippen molar-refractivity contribution in [1.82, 2.24) is 10.6 Å². The fourth-order valence-corrected chi connectivity index (χ4v) is 1.90. The Kier molecular flexibility index (Phi) is 8.49. The smallest absolute Gasteiger partial charge is 0.326 e. The largest absolute Gasteiger partial charge is 0.480 e. The van der Waals surface area contributed by atoms with Gasteiger partial charge in [-0.3, -0.25) is 9.59 Å². The lowest BCUT2D eigenvalue weighted by atomic mass is 10.2. The molecule has 0 spiro atoms. The Bertz CT molecular complexity index is 351. The molecule has 6 nitrogen and oxygen atoms in total. The molecule has 2 amide bonds. The third-order valence-corrected chi connectivity index (χ3v) is 2.84. The number of amides is 2. The van der Waals surface area contributed by atoms with Crippen molar-refractivity contribution in [3.05, 3.63) is 0 Å². The normalized spacial score (nSPS) is 11.1. The molecule has 0 aliphatic carbocycles. The van der Waals surface area contributed by atoms with E-state index < -0.39 is 12.0 Å². The second-order valence-corrected chi connectivity index (χ2v) is 4.52. The number of hydrogen-bond acceptors (Lipinski definition) is 4. The number of terminal acetylenes is 1. The molecule has 18 heavy (non-hydrogen) atoms. The summed E-state index contributed by atoms with van der Waals surface area (Å²) in [5, 5.41) is 13.6. The van der Waals surface area contributed by atoms with E-state index in [-0.39, 0.29) is 30.5 Å². The van der Waals surface area contributed by atoms with Gasteiger partial charge in [0.1, 0.15) is 6.04 Å². The van der Waals surface area contributed by atoms with Crippen LogP contribution in [-0.2, 0) is 14.4 Å². The molecule has 0 aromatic heterocycles. The van der Waals surface area contributed by atoms with Gasteiger partial charge in [0.15, 0.2) is 0 Å². The molecule has 0 fully saturated rings. The Morgan fingerprint density at radius 1 is 1.44 bits per heavy atom. The van der Waals surface area contributed by atoms with Gasteiger partial charge in [-0.25, -0.2) is 4.79 Å². The summed E-state index contributed by atoms with van der Waals surface area (Å²) in [5.74, 6) is 1.29. The van der Waals surface area contributed by atoms with Gasteiger partial charge >= 0.3 is 5.97 Å². The molecule has 0 aliphatic heterocycles. The van der Waals surface area contributed by atoms with Crippen LogP contribution in [0.15, 0.2) is 0 Å². The van der Waals surface area contributed by atoms with Crippen LogP contribution in [0.25, 0.3) is 0 Å². The first-order chi connectivity index (χ1) is 8.47. The van der Waals surface area contributed by atoms with E-state index in [4.69, 9.17) is 11.5 Å². The first-order valence-corrected chi connectivity index (χ1v) is 6.40. The zero-order valence-corrected chi connectivity index (χ0v) is 10.9. The Hall–Kier alpha value is -1.68. The fraction of sp³-hybridized carbons (Fsp3) is 0.545. The monoisotopic (exact) mass is 272 g/mol. The summed E-state index contributed by atoms with van der Waals surface area (Å²) >= 11 is 1.29. The van der Waals surface area contributed by atoms with Crippen molar-refractivity contribution in [1.29, 1.82) is 0 Å². The standard InChI is InChI=1S/C11H16N2O4S/c1-3-5-12-10(15)7-18-6-4-9(11(16)17)13-8(2)14/h1,9H,4-7H2,2H3,(H,12,15)(H,13,14)(H,16,17). The molecular weight excluding hydrogens is 256 g/mol. The van der Waals surface area contributed by atoms with E-state index in [1.807, 2.05) is 0 Å². The van der Waals surface area contributed by atoms with Crippen molar-refractivity contribution < 1.29 is 19.5 Å². The number of nitrogens with one attached hydrogen (secondary N) is 2. The van der Waals surface area contributed by atoms with E-state index in [1.165, 1.54) is 18.7 Å². The highest BCUT2D eigenvalue weighted by atomic mass is 32.2. The average molecular weight is 272 g/mol. The molecule has 0 aromatic rings. The fourth-order valence-electron chi connectivity index (χ4n) is 1.07. The van der Waals surface area contributed by atoms with Gasteiger partial charge in [0.05, 0.1) is 12.3 Å². The molecular formula is C11H16N2O4S. The zero-order chi connectivity index (χ0) is 14.0. The van der Waals surface area contributed by atoms with Gasteiger partial charge in [-0.05, 0) is 12.2 Å². The minimum absolute atomic E-state index is 0.184. The maximum absolute atomic E-state index is 11.1. The lowest BCUT2D eigenvalue weighted by Crippen LogP contribution is -2.40. The minimum atomic E-state index is -1.08. The van der Waals surface area contributed by atoms with Gasteiger partial charge in [-0.1, -0.05) is 5.92 Å². The van der Waals surface area contributed by atoms with E-state index in [0.717, 1.165) is 0 Å². The summed E-state index contributed by atoms with van der Waals surface area (Å²) in [6, 6.07) is -0.913. The molecule has 0 rings (SSSR count). The molecule has 0 heterocycles. The summed E-state index contributed by atoms with van der Waals surface area (Å²) in [6.45, 7) is 1.44. The Balaban J connectivity index is 3.80. The predicted octanol–water partition coefficient (Wildman–Crippen LogP) is -0.552. The molecule has 0 aliphatic rings. The molecule has 3 N–H and O–H groups in total. The van der Waals surface area contributed by atoms with Crippen LogP contribution in [0.3, 0.4) is 0 Å². The number of carbonyl (C=O) groups excluding carboxylic acids is 2. The minimum Gasteiger partial charge on any atom is -0.480 e. The van der Waals surface area contributed by atoms with Gasteiger partial charge in [-0.2, -0.15) is 11.8 Å². The van der Waals surface area contributed by atoms with Crippen molar-refractivity contribution in [2.45, 2.75) is 19.4 Å². The number of carbonyl (C=O) groups is 3. The van der Waals surface area contributed by atoms with Crippen molar-refractivity contribution >= 4 is 29.5 Å². The van der Waals surface area contributed by atoms with E-state index in [9.17, 15) is 14.4 Å². The van der Waals surface area contributed by atoms with Crippen LogP contribution in [0.1, 0.15) is 13.3 Å². The average Bonchev–Trinajstić information content (AvgIpc) is 2.29. The second kappa shape index (κ2) is 9.36. The predicted molar refractivity (Wildman–Crippen MR) is 69.0 cm³/mol.